The standard InChI is InChI=1S/C21H26N6O3/c1-10(2)13-8-14(23-15(28)9-13)20-26-18-16(27(20)4)17(24-19(25-18)21(29)30)22-11(3)12-6-5-7-12/h8-12H,5-7H2,1-4H3,(H,23,28)(H,29,30)(H,22,24,25)/t11-/m1/s1. The second kappa shape index (κ2) is 7.55. The Hall–Kier alpha value is -3.23. The minimum atomic E-state index is -1.21. The molecule has 0 spiro atoms. The van der Waals surface area contributed by atoms with Gasteiger partial charge in [-0.2, -0.15) is 0 Å². The van der Waals surface area contributed by atoms with E-state index in [1.807, 2.05) is 27.0 Å². The Balaban J connectivity index is 1.87. The Labute approximate surface area is 173 Å². The summed E-state index contributed by atoms with van der Waals surface area (Å²) in [4.78, 5) is 39.5. The molecule has 0 aromatic carbocycles. The third kappa shape index (κ3) is 3.55. The van der Waals surface area contributed by atoms with Crippen LogP contribution in [0.1, 0.15) is 62.1 Å². The summed E-state index contributed by atoms with van der Waals surface area (Å²) < 4.78 is 1.80. The van der Waals surface area contributed by atoms with Crippen LogP contribution in [0.15, 0.2) is 16.9 Å². The first-order valence-electron chi connectivity index (χ1n) is 10.2. The number of aromatic carboxylic acids is 1. The molecule has 1 saturated carbocycles. The molecule has 1 fully saturated rings. The van der Waals surface area contributed by atoms with Gasteiger partial charge in [0.15, 0.2) is 17.3 Å². The highest BCUT2D eigenvalue weighted by molar-refractivity contribution is 5.92. The van der Waals surface area contributed by atoms with Crippen LogP contribution in [0.4, 0.5) is 5.82 Å². The maximum atomic E-state index is 12.2. The summed E-state index contributed by atoms with van der Waals surface area (Å²) in [7, 11) is 1.81. The van der Waals surface area contributed by atoms with Crippen molar-refractivity contribution in [1.29, 1.82) is 0 Å². The number of carboxylic acid groups (broad SMARTS) is 1. The van der Waals surface area contributed by atoms with E-state index in [9.17, 15) is 14.7 Å². The smallest absolute Gasteiger partial charge is 0.374 e. The van der Waals surface area contributed by atoms with Crippen molar-refractivity contribution in [2.45, 2.75) is 52.0 Å². The highest BCUT2D eigenvalue weighted by Crippen LogP contribution is 2.33. The zero-order valence-electron chi connectivity index (χ0n) is 17.6. The molecule has 1 aliphatic carbocycles. The van der Waals surface area contributed by atoms with E-state index in [2.05, 4.69) is 32.2 Å². The second-order valence-electron chi connectivity index (χ2n) is 8.34. The fourth-order valence-electron chi connectivity index (χ4n) is 3.84. The van der Waals surface area contributed by atoms with Gasteiger partial charge in [-0.15, -0.1) is 0 Å². The Bertz CT molecular complexity index is 1180. The highest BCUT2D eigenvalue weighted by Gasteiger charge is 2.27. The summed E-state index contributed by atoms with van der Waals surface area (Å²) in [6.45, 7) is 6.11. The van der Waals surface area contributed by atoms with Gasteiger partial charge in [0.2, 0.25) is 11.4 Å². The molecule has 0 bridgehead atoms. The van der Waals surface area contributed by atoms with Gasteiger partial charge in [0.25, 0.3) is 0 Å². The molecule has 3 heterocycles. The number of imidazole rings is 1. The lowest BCUT2D eigenvalue weighted by molar-refractivity contribution is 0.0684. The number of rotatable bonds is 6. The molecule has 9 heteroatoms. The minimum Gasteiger partial charge on any atom is -0.475 e. The number of nitrogens with zero attached hydrogens (tertiary/aromatic N) is 4. The Morgan fingerprint density at radius 3 is 2.57 bits per heavy atom. The average molecular weight is 410 g/mol. The molecule has 0 aliphatic heterocycles. The van der Waals surface area contributed by atoms with E-state index in [0.29, 0.717) is 28.8 Å². The number of anilines is 1. The molecule has 0 radical (unpaired) electrons. The number of aromatic nitrogens is 5. The van der Waals surface area contributed by atoms with Gasteiger partial charge < -0.3 is 20.0 Å². The van der Waals surface area contributed by atoms with Crippen LogP contribution in [0.3, 0.4) is 0 Å². The van der Waals surface area contributed by atoms with Gasteiger partial charge in [0.05, 0.1) is 5.69 Å². The molecule has 9 nitrogen and oxygen atoms in total. The van der Waals surface area contributed by atoms with Crippen molar-refractivity contribution in [3.05, 3.63) is 33.9 Å². The van der Waals surface area contributed by atoms with Crippen LogP contribution >= 0.6 is 0 Å². The molecule has 0 saturated heterocycles. The lowest BCUT2D eigenvalue weighted by Crippen LogP contribution is -2.31. The third-order valence-corrected chi connectivity index (χ3v) is 5.92. The Morgan fingerprint density at radius 1 is 1.23 bits per heavy atom. The molecule has 30 heavy (non-hydrogen) atoms. The third-order valence-electron chi connectivity index (χ3n) is 5.92. The monoisotopic (exact) mass is 410 g/mol. The number of carbonyl (C=O) groups is 1. The van der Waals surface area contributed by atoms with Crippen molar-refractivity contribution >= 4 is 23.0 Å². The van der Waals surface area contributed by atoms with Crippen molar-refractivity contribution < 1.29 is 9.90 Å². The zero-order valence-corrected chi connectivity index (χ0v) is 17.6. The lowest BCUT2D eigenvalue weighted by Gasteiger charge is -2.32. The van der Waals surface area contributed by atoms with Gasteiger partial charge in [-0.25, -0.2) is 19.7 Å². The minimum absolute atomic E-state index is 0.154. The normalized spacial score (nSPS) is 15.4. The fraction of sp³-hybridized carbons (Fsp3) is 0.476. The van der Waals surface area contributed by atoms with E-state index in [1.54, 1.807) is 10.6 Å². The topological polar surface area (TPSA) is 126 Å². The summed E-state index contributed by atoms with van der Waals surface area (Å²) >= 11 is 0. The van der Waals surface area contributed by atoms with Crippen molar-refractivity contribution in [3.63, 3.8) is 0 Å². The number of hydrogen-bond donors (Lipinski definition) is 3. The molecule has 4 rings (SSSR count). The number of nitrogens with one attached hydrogen (secondary N) is 2. The van der Waals surface area contributed by atoms with Crippen LogP contribution in [0.5, 0.6) is 0 Å². The van der Waals surface area contributed by atoms with Crippen LogP contribution in [-0.4, -0.2) is 41.6 Å². The van der Waals surface area contributed by atoms with Crippen LogP contribution in [0, 0.1) is 5.92 Å². The number of aryl methyl sites for hydroxylation is 1. The highest BCUT2D eigenvalue weighted by atomic mass is 16.4. The Kier molecular flexibility index (Phi) is 5.05. The molecule has 158 valence electrons. The van der Waals surface area contributed by atoms with Crippen molar-refractivity contribution in [2.24, 2.45) is 13.0 Å². The Morgan fingerprint density at radius 2 is 1.97 bits per heavy atom. The predicted octanol–water partition coefficient (Wildman–Crippen LogP) is 3.14. The molecule has 3 aromatic heterocycles. The van der Waals surface area contributed by atoms with Gasteiger partial charge in [-0.3, -0.25) is 4.79 Å². The van der Waals surface area contributed by atoms with Gasteiger partial charge in [0.1, 0.15) is 5.52 Å². The van der Waals surface area contributed by atoms with E-state index in [1.165, 1.54) is 6.42 Å². The van der Waals surface area contributed by atoms with Crippen molar-refractivity contribution in [3.8, 4) is 11.5 Å². The number of fused-ring (bicyclic) bond motifs is 1. The second-order valence-corrected chi connectivity index (χ2v) is 8.34. The first-order chi connectivity index (χ1) is 14.2. The number of aromatic amines is 1. The first-order valence-corrected chi connectivity index (χ1v) is 10.2. The first kappa shape index (κ1) is 20.1. The number of H-pyrrole nitrogens is 1. The lowest BCUT2D eigenvalue weighted by atomic mass is 9.80. The largest absolute Gasteiger partial charge is 0.475 e. The predicted molar refractivity (Wildman–Crippen MR) is 114 cm³/mol. The van der Waals surface area contributed by atoms with E-state index < -0.39 is 5.97 Å². The van der Waals surface area contributed by atoms with Gasteiger partial charge in [0, 0.05) is 19.2 Å². The summed E-state index contributed by atoms with van der Waals surface area (Å²) in [6, 6.07) is 3.62. The fourth-order valence-corrected chi connectivity index (χ4v) is 3.84. The molecule has 0 unspecified atom stereocenters. The number of pyridine rings is 1. The molecule has 1 atom stereocenters. The van der Waals surface area contributed by atoms with E-state index >= 15 is 0 Å². The van der Waals surface area contributed by atoms with Gasteiger partial charge in [-0.05, 0) is 43.2 Å². The molecular weight excluding hydrogens is 384 g/mol. The van der Waals surface area contributed by atoms with Crippen molar-refractivity contribution in [2.75, 3.05) is 5.32 Å². The average Bonchev–Trinajstić information content (AvgIpc) is 2.96. The quantitative estimate of drug-likeness (QED) is 0.570. The van der Waals surface area contributed by atoms with Crippen LogP contribution < -0.4 is 10.9 Å². The van der Waals surface area contributed by atoms with Crippen LogP contribution in [-0.2, 0) is 7.05 Å². The molecule has 1 aliphatic rings. The molecular formula is C21H26N6O3. The van der Waals surface area contributed by atoms with Gasteiger partial charge >= 0.3 is 5.97 Å². The summed E-state index contributed by atoms with van der Waals surface area (Å²) in [5, 5.41) is 12.8. The summed E-state index contributed by atoms with van der Waals surface area (Å²) in [5.74, 6) is 0.148. The van der Waals surface area contributed by atoms with Crippen LogP contribution in [0.25, 0.3) is 22.7 Å². The molecule has 3 aromatic rings. The number of hydrogen-bond acceptors (Lipinski definition) is 6. The van der Waals surface area contributed by atoms with Crippen LogP contribution in [0.2, 0.25) is 0 Å². The van der Waals surface area contributed by atoms with Crippen molar-refractivity contribution in [1.82, 2.24) is 24.5 Å². The SMILES string of the molecule is CC(C)c1cc(-c2nc3nc(C(=O)O)nc(N[C@H](C)C4CCC4)c3n2C)[nH]c(=O)c1. The number of carboxylic acids is 1. The maximum absolute atomic E-state index is 12.2. The van der Waals surface area contributed by atoms with E-state index in [0.717, 1.165) is 18.4 Å². The van der Waals surface area contributed by atoms with Gasteiger partial charge in [-0.1, -0.05) is 20.3 Å². The maximum Gasteiger partial charge on any atom is 0.374 e. The van der Waals surface area contributed by atoms with E-state index in [-0.39, 0.29) is 29.0 Å². The van der Waals surface area contributed by atoms with E-state index in [4.69, 9.17) is 0 Å². The summed E-state index contributed by atoms with van der Waals surface area (Å²) in [5.41, 5.74) is 2.13. The summed E-state index contributed by atoms with van der Waals surface area (Å²) in [6.07, 6.45) is 3.51. The molecule has 3 N–H and O–H groups in total. The zero-order chi connectivity index (χ0) is 21.6. The molecule has 0 amide bonds.